The molecular formula is C15H14BrCl2NO. The molecule has 0 aromatic heterocycles. The summed E-state index contributed by atoms with van der Waals surface area (Å²) in [7, 11) is 0. The molecule has 0 fully saturated rings. The topological polar surface area (TPSA) is 35.2 Å². The van der Waals surface area contributed by atoms with E-state index < -0.39 is 0 Å². The van der Waals surface area contributed by atoms with Crippen LogP contribution < -0.4 is 10.5 Å². The van der Waals surface area contributed by atoms with Gasteiger partial charge in [-0.3, -0.25) is 0 Å². The lowest BCUT2D eigenvalue weighted by molar-refractivity contribution is 0.179. The fourth-order valence-corrected chi connectivity index (χ4v) is 2.89. The molecule has 5 heteroatoms. The van der Waals surface area contributed by atoms with E-state index in [1.165, 1.54) is 0 Å². The van der Waals surface area contributed by atoms with Crippen LogP contribution in [0.1, 0.15) is 18.6 Å². The Hall–Kier alpha value is -0.740. The molecule has 2 rings (SSSR count). The van der Waals surface area contributed by atoms with Crippen molar-refractivity contribution in [2.24, 2.45) is 5.73 Å². The van der Waals surface area contributed by atoms with Crippen molar-refractivity contribution < 1.29 is 4.74 Å². The zero-order valence-electron chi connectivity index (χ0n) is 10.8. The molecule has 2 nitrogen and oxygen atoms in total. The van der Waals surface area contributed by atoms with Gasteiger partial charge in [0.1, 0.15) is 11.9 Å². The Morgan fingerprint density at radius 2 is 1.85 bits per heavy atom. The molecule has 0 saturated heterocycles. The van der Waals surface area contributed by atoms with Gasteiger partial charge in [0.25, 0.3) is 0 Å². The Labute approximate surface area is 137 Å². The summed E-state index contributed by atoms with van der Waals surface area (Å²) in [4.78, 5) is 0. The van der Waals surface area contributed by atoms with Gasteiger partial charge < -0.3 is 10.5 Å². The largest absolute Gasteiger partial charge is 0.483 e. The van der Waals surface area contributed by atoms with Crippen LogP contribution in [0, 0.1) is 0 Å². The second-order valence-electron chi connectivity index (χ2n) is 4.49. The van der Waals surface area contributed by atoms with Gasteiger partial charge >= 0.3 is 0 Å². The third-order valence-corrected chi connectivity index (χ3v) is 4.04. The normalized spacial score (nSPS) is 13.8. The number of rotatable bonds is 4. The fourth-order valence-electron chi connectivity index (χ4n) is 1.87. The minimum Gasteiger partial charge on any atom is -0.483 e. The van der Waals surface area contributed by atoms with Gasteiger partial charge in [0.15, 0.2) is 0 Å². The summed E-state index contributed by atoms with van der Waals surface area (Å²) >= 11 is 15.6. The van der Waals surface area contributed by atoms with E-state index in [9.17, 15) is 0 Å². The van der Waals surface area contributed by atoms with Crippen LogP contribution in [0.4, 0.5) is 0 Å². The zero-order chi connectivity index (χ0) is 14.7. The minimum absolute atomic E-state index is 0.211. The molecule has 0 bridgehead atoms. The van der Waals surface area contributed by atoms with Gasteiger partial charge in [0.05, 0.1) is 4.47 Å². The standard InChI is InChI=1S/C15H14BrCl2NO/c1-9(19)15(11-4-2-3-5-13(11)18)20-14-7-6-10(17)8-12(14)16/h2-9,15H,19H2,1H3. The average molecular weight is 375 g/mol. The van der Waals surface area contributed by atoms with Crippen molar-refractivity contribution in [2.45, 2.75) is 19.1 Å². The highest BCUT2D eigenvalue weighted by Gasteiger charge is 2.21. The first-order valence-corrected chi connectivity index (χ1v) is 7.65. The lowest BCUT2D eigenvalue weighted by atomic mass is 10.0. The molecule has 0 spiro atoms. The Balaban J connectivity index is 2.33. The van der Waals surface area contributed by atoms with Crippen LogP contribution in [0.3, 0.4) is 0 Å². The van der Waals surface area contributed by atoms with Crippen molar-refractivity contribution in [2.75, 3.05) is 0 Å². The number of hydrogen-bond donors (Lipinski definition) is 1. The summed E-state index contributed by atoms with van der Waals surface area (Å²) in [6, 6.07) is 12.7. The summed E-state index contributed by atoms with van der Waals surface area (Å²) in [6.07, 6.45) is -0.332. The van der Waals surface area contributed by atoms with Crippen LogP contribution in [0.25, 0.3) is 0 Å². The molecule has 20 heavy (non-hydrogen) atoms. The molecule has 2 atom stereocenters. The van der Waals surface area contributed by atoms with Crippen molar-refractivity contribution in [3.05, 3.63) is 62.5 Å². The highest BCUT2D eigenvalue weighted by Crippen LogP contribution is 2.34. The molecule has 106 valence electrons. The van der Waals surface area contributed by atoms with Gasteiger partial charge in [0, 0.05) is 21.7 Å². The summed E-state index contributed by atoms with van der Waals surface area (Å²) in [6.45, 7) is 1.89. The van der Waals surface area contributed by atoms with Crippen LogP contribution in [-0.2, 0) is 0 Å². The van der Waals surface area contributed by atoms with E-state index in [2.05, 4.69) is 15.9 Å². The van der Waals surface area contributed by atoms with Gasteiger partial charge in [-0.2, -0.15) is 0 Å². The summed E-state index contributed by atoms with van der Waals surface area (Å²) in [5, 5.41) is 1.28. The maximum atomic E-state index is 6.23. The van der Waals surface area contributed by atoms with E-state index in [4.69, 9.17) is 33.7 Å². The SMILES string of the molecule is CC(N)C(Oc1ccc(Cl)cc1Br)c1ccccc1Cl. The Kier molecular flexibility index (Phi) is 5.33. The van der Waals surface area contributed by atoms with Gasteiger partial charge in [-0.25, -0.2) is 0 Å². The van der Waals surface area contributed by atoms with Gasteiger partial charge in [-0.15, -0.1) is 0 Å². The lowest BCUT2D eigenvalue weighted by Gasteiger charge is -2.24. The number of hydrogen-bond acceptors (Lipinski definition) is 2. The highest BCUT2D eigenvalue weighted by molar-refractivity contribution is 9.10. The van der Waals surface area contributed by atoms with E-state index >= 15 is 0 Å². The van der Waals surface area contributed by atoms with Crippen LogP contribution in [0.15, 0.2) is 46.9 Å². The smallest absolute Gasteiger partial charge is 0.140 e. The molecule has 0 saturated carbocycles. The zero-order valence-corrected chi connectivity index (χ0v) is 13.9. The third-order valence-electron chi connectivity index (χ3n) is 2.84. The molecule has 2 unspecified atom stereocenters. The fraction of sp³-hybridized carbons (Fsp3) is 0.200. The summed E-state index contributed by atoms with van der Waals surface area (Å²) < 4.78 is 6.79. The predicted molar refractivity (Wildman–Crippen MR) is 87.6 cm³/mol. The number of nitrogens with two attached hydrogens (primary N) is 1. The molecule has 0 amide bonds. The highest BCUT2D eigenvalue weighted by atomic mass is 79.9. The lowest BCUT2D eigenvalue weighted by Crippen LogP contribution is -2.29. The molecule has 0 aliphatic heterocycles. The molecule has 0 radical (unpaired) electrons. The summed E-state index contributed by atoms with van der Waals surface area (Å²) in [5.41, 5.74) is 6.91. The maximum Gasteiger partial charge on any atom is 0.140 e. The predicted octanol–water partition coefficient (Wildman–Crippen LogP) is 5.22. The van der Waals surface area contributed by atoms with Gasteiger partial charge in [-0.1, -0.05) is 41.4 Å². The van der Waals surface area contributed by atoms with Crippen molar-refractivity contribution >= 4 is 39.1 Å². The van der Waals surface area contributed by atoms with Crippen LogP contribution in [0.2, 0.25) is 10.0 Å². The molecule has 2 N–H and O–H groups in total. The second kappa shape index (κ2) is 6.81. The molecule has 0 aliphatic rings. The third kappa shape index (κ3) is 3.67. The molecule has 2 aromatic rings. The average Bonchev–Trinajstić information content (AvgIpc) is 2.39. The first-order chi connectivity index (χ1) is 9.49. The van der Waals surface area contributed by atoms with Crippen LogP contribution in [-0.4, -0.2) is 6.04 Å². The minimum atomic E-state index is -0.332. The number of halogens is 3. The first kappa shape index (κ1) is 15.6. The van der Waals surface area contributed by atoms with E-state index in [1.54, 1.807) is 18.2 Å². The molecular weight excluding hydrogens is 361 g/mol. The van der Waals surface area contributed by atoms with Crippen LogP contribution in [0.5, 0.6) is 5.75 Å². The van der Waals surface area contributed by atoms with E-state index in [1.807, 2.05) is 31.2 Å². The van der Waals surface area contributed by atoms with E-state index in [-0.39, 0.29) is 12.1 Å². The van der Waals surface area contributed by atoms with Gasteiger partial charge in [-0.05, 0) is 47.1 Å². The van der Waals surface area contributed by atoms with Crippen molar-refractivity contribution in [3.63, 3.8) is 0 Å². The quantitative estimate of drug-likeness (QED) is 0.795. The molecule has 2 aromatic carbocycles. The van der Waals surface area contributed by atoms with E-state index in [0.29, 0.717) is 15.8 Å². The number of ether oxygens (including phenoxy) is 1. The van der Waals surface area contributed by atoms with Gasteiger partial charge in [0.2, 0.25) is 0 Å². The monoisotopic (exact) mass is 373 g/mol. The van der Waals surface area contributed by atoms with Crippen LogP contribution >= 0.6 is 39.1 Å². The molecule has 0 aliphatic carbocycles. The molecule has 0 heterocycles. The first-order valence-electron chi connectivity index (χ1n) is 6.10. The van der Waals surface area contributed by atoms with Crippen molar-refractivity contribution in [1.82, 2.24) is 0 Å². The summed E-state index contributed by atoms with van der Waals surface area (Å²) in [5.74, 6) is 0.677. The Bertz CT molecular complexity index is 604. The van der Waals surface area contributed by atoms with Crippen molar-refractivity contribution in [3.8, 4) is 5.75 Å². The number of benzene rings is 2. The Morgan fingerprint density at radius 3 is 2.45 bits per heavy atom. The van der Waals surface area contributed by atoms with Crippen molar-refractivity contribution in [1.29, 1.82) is 0 Å². The Morgan fingerprint density at radius 1 is 1.15 bits per heavy atom. The van der Waals surface area contributed by atoms with E-state index in [0.717, 1.165) is 10.0 Å². The maximum absolute atomic E-state index is 6.23. The second-order valence-corrected chi connectivity index (χ2v) is 6.19.